The van der Waals surface area contributed by atoms with E-state index in [0.29, 0.717) is 44.1 Å². The van der Waals surface area contributed by atoms with Crippen molar-refractivity contribution in [2.24, 2.45) is 56.7 Å². The van der Waals surface area contributed by atoms with Crippen molar-refractivity contribution >= 4 is 8.32 Å². The quantitative estimate of drug-likeness (QED) is 0.234. The van der Waals surface area contributed by atoms with Crippen molar-refractivity contribution in [3.8, 4) is 0 Å². The summed E-state index contributed by atoms with van der Waals surface area (Å²) in [6.45, 7) is 32.6. The average Bonchev–Trinajstić information content (AvgIpc) is 3.40. The van der Waals surface area contributed by atoms with Gasteiger partial charge in [0.2, 0.25) is 0 Å². The van der Waals surface area contributed by atoms with Crippen molar-refractivity contribution in [3.63, 3.8) is 0 Å². The molecule has 0 amide bonds. The van der Waals surface area contributed by atoms with Crippen LogP contribution in [0.4, 0.5) is 0 Å². The Labute approximate surface area is 245 Å². The molecule has 0 unspecified atom stereocenters. The van der Waals surface area contributed by atoms with E-state index in [9.17, 15) is 0 Å². The Bertz CT molecular complexity index is 984. The molecule has 0 aromatic heterocycles. The number of hydrogen-bond donors (Lipinski definition) is 0. The molecule has 5 saturated carbocycles. The molecule has 2 heteroatoms. The lowest BCUT2D eigenvalue weighted by molar-refractivity contribution is -0.159. The molecule has 5 fully saturated rings. The first-order chi connectivity index (χ1) is 17.8. The van der Waals surface area contributed by atoms with E-state index in [1.807, 2.05) is 0 Å². The summed E-state index contributed by atoms with van der Waals surface area (Å²) in [6.07, 6.45) is 17.5. The van der Waals surface area contributed by atoms with E-state index in [1.54, 1.807) is 12.0 Å². The van der Waals surface area contributed by atoms with Crippen LogP contribution in [0.25, 0.3) is 0 Å². The van der Waals surface area contributed by atoms with E-state index in [0.717, 1.165) is 23.7 Å². The summed E-state index contributed by atoms with van der Waals surface area (Å²) in [7, 11) is -1.77. The zero-order valence-corrected chi connectivity index (χ0v) is 29.5. The van der Waals surface area contributed by atoms with E-state index < -0.39 is 8.32 Å². The van der Waals surface area contributed by atoms with Gasteiger partial charge in [0.1, 0.15) is 0 Å². The molecular weight excluding hydrogens is 488 g/mol. The number of fused-ring (bicyclic) bond motifs is 2. The van der Waals surface area contributed by atoms with Crippen LogP contribution in [-0.4, -0.2) is 14.4 Å². The Hall–Kier alpha value is -0.0831. The Morgan fingerprint density at radius 3 is 2.08 bits per heavy atom. The maximum absolute atomic E-state index is 7.24. The molecule has 0 aromatic rings. The summed E-state index contributed by atoms with van der Waals surface area (Å²) >= 11 is 0. The van der Waals surface area contributed by atoms with Gasteiger partial charge in [-0.15, -0.1) is 0 Å². The molecule has 2 spiro atoms. The predicted octanol–water partition coefficient (Wildman–Crippen LogP) is 11.4. The third-order valence-electron chi connectivity index (χ3n) is 15.8. The number of allylic oxidation sites excluding steroid dienone is 2. The largest absolute Gasteiger partial charge is 0.413 e. The van der Waals surface area contributed by atoms with Gasteiger partial charge in [0.05, 0.1) is 6.10 Å². The van der Waals surface area contributed by atoms with Crippen LogP contribution < -0.4 is 0 Å². The zero-order valence-electron chi connectivity index (χ0n) is 28.5. The fraction of sp³-hybridized carbons (Fsp3) is 0.946. The average molecular weight is 555 g/mol. The molecular formula is C37H66OSi. The lowest BCUT2D eigenvalue weighted by Crippen LogP contribution is -2.59. The molecule has 224 valence electrons. The van der Waals surface area contributed by atoms with E-state index in [-0.39, 0.29) is 0 Å². The van der Waals surface area contributed by atoms with Crippen LogP contribution in [0.1, 0.15) is 140 Å². The topological polar surface area (TPSA) is 9.23 Å². The van der Waals surface area contributed by atoms with Crippen LogP contribution in [0.3, 0.4) is 0 Å². The second kappa shape index (κ2) is 9.21. The lowest BCUT2D eigenvalue weighted by Gasteiger charge is -2.64. The summed E-state index contributed by atoms with van der Waals surface area (Å²) in [5.41, 5.74) is 4.22. The highest BCUT2D eigenvalue weighted by Gasteiger charge is 2.82. The monoisotopic (exact) mass is 554 g/mol. The molecule has 9 atom stereocenters. The van der Waals surface area contributed by atoms with Gasteiger partial charge in [0.25, 0.3) is 0 Å². The standard InChI is InChI=1S/C37H66OSi/c1-25(2)26(3)14-15-27(4)28-18-20-35(11)30-17-16-29-33(8,9)31(38-39(12,13)32(5,6)7)19-21-36(29)24-37(30,36)23-22-34(28,35)10/h14,25,27-31H,15-24H2,1-13H3/t27-,28-,29+,30+,31+,34-,35+,36-,37+/m1/s1. The van der Waals surface area contributed by atoms with Crippen LogP contribution in [0.15, 0.2) is 11.6 Å². The first-order valence-corrected chi connectivity index (χ1v) is 20.0. The first-order valence-electron chi connectivity index (χ1n) is 17.1. The van der Waals surface area contributed by atoms with Crippen molar-refractivity contribution in [1.29, 1.82) is 0 Å². The Kier molecular flexibility index (Phi) is 7.17. The zero-order chi connectivity index (χ0) is 29.0. The van der Waals surface area contributed by atoms with Gasteiger partial charge in [-0.25, -0.2) is 0 Å². The molecule has 5 aliphatic carbocycles. The molecule has 0 aliphatic heterocycles. The maximum Gasteiger partial charge on any atom is 0.192 e. The molecule has 0 N–H and O–H groups in total. The highest BCUT2D eigenvalue weighted by Crippen LogP contribution is 2.89. The number of hydrogen-bond acceptors (Lipinski definition) is 1. The third-order valence-corrected chi connectivity index (χ3v) is 20.3. The summed E-state index contributed by atoms with van der Waals surface area (Å²) in [5, 5.41) is 0.290. The molecule has 0 heterocycles. The summed E-state index contributed by atoms with van der Waals surface area (Å²) in [4.78, 5) is 0. The van der Waals surface area contributed by atoms with E-state index >= 15 is 0 Å². The van der Waals surface area contributed by atoms with Crippen LogP contribution in [-0.2, 0) is 4.43 Å². The van der Waals surface area contributed by atoms with Crippen molar-refractivity contribution in [1.82, 2.24) is 0 Å². The predicted molar refractivity (Wildman–Crippen MR) is 171 cm³/mol. The minimum absolute atomic E-state index is 0.290. The van der Waals surface area contributed by atoms with E-state index in [1.165, 1.54) is 57.8 Å². The van der Waals surface area contributed by atoms with E-state index in [2.05, 4.69) is 95.3 Å². The Balaban J connectivity index is 1.37. The van der Waals surface area contributed by atoms with Crippen molar-refractivity contribution in [2.75, 3.05) is 0 Å². The molecule has 0 radical (unpaired) electrons. The van der Waals surface area contributed by atoms with Gasteiger partial charge in [-0.2, -0.15) is 0 Å². The smallest absolute Gasteiger partial charge is 0.192 e. The fourth-order valence-corrected chi connectivity index (χ4v) is 13.3. The summed E-state index contributed by atoms with van der Waals surface area (Å²) in [5.74, 6) is 4.21. The van der Waals surface area contributed by atoms with E-state index in [4.69, 9.17) is 4.43 Å². The molecule has 5 aliphatic rings. The maximum atomic E-state index is 7.24. The molecule has 39 heavy (non-hydrogen) atoms. The summed E-state index contributed by atoms with van der Waals surface area (Å²) < 4.78 is 7.24. The number of rotatable bonds is 6. The lowest BCUT2D eigenvalue weighted by atomic mass is 9.41. The molecule has 0 saturated heterocycles. The van der Waals surface area contributed by atoms with Crippen LogP contribution in [0.5, 0.6) is 0 Å². The minimum Gasteiger partial charge on any atom is -0.413 e. The van der Waals surface area contributed by atoms with Crippen LogP contribution in [0, 0.1) is 56.7 Å². The van der Waals surface area contributed by atoms with Gasteiger partial charge in [-0.1, -0.05) is 80.9 Å². The highest BCUT2D eigenvalue weighted by atomic mass is 28.4. The van der Waals surface area contributed by atoms with Gasteiger partial charge < -0.3 is 4.43 Å². The SMILES string of the molecule is CC(=CC[C@@H](C)[C@H]1CC[C@@]2(C)[C@@H]3CC[C@H]4C(C)(C)[C@@H](O[Si](C)(C)C(C)(C)C)CC[C@@]45C[C@@]35CC[C@]12C)C(C)C. The Morgan fingerprint density at radius 2 is 1.46 bits per heavy atom. The van der Waals surface area contributed by atoms with Crippen LogP contribution >= 0.6 is 0 Å². The molecule has 0 aromatic carbocycles. The van der Waals surface area contributed by atoms with Crippen molar-refractivity contribution < 1.29 is 4.43 Å². The van der Waals surface area contributed by atoms with Crippen molar-refractivity contribution in [3.05, 3.63) is 11.6 Å². The molecule has 1 nitrogen and oxygen atoms in total. The Morgan fingerprint density at radius 1 is 0.846 bits per heavy atom. The van der Waals surface area contributed by atoms with Gasteiger partial charge in [-0.05, 0) is 146 Å². The second-order valence-corrected chi connectivity index (χ2v) is 23.5. The van der Waals surface area contributed by atoms with Gasteiger partial charge in [-0.3, -0.25) is 0 Å². The fourth-order valence-electron chi connectivity index (χ4n) is 11.8. The van der Waals surface area contributed by atoms with Crippen molar-refractivity contribution in [2.45, 2.75) is 165 Å². The molecule has 5 rings (SSSR count). The highest BCUT2D eigenvalue weighted by molar-refractivity contribution is 6.74. The molecule has 0 bridgehead atoms. The van der Waals surface area contributed by atoms with Crippen LogP contribution in [0.2, 0.25) is 18.1 Å². The van der Waals surface area contributed by atoms with Gasteiger partial charge in [0.15, 0.2) is 8.32 Å². The third kappa shape index (κ3) is 4.12. The van der Waals surface area contributed by atoms with Gasteiger partial charge >= 0.3 is 0 Å². The summed E-state index contributed by atoms with van der Waals surface area (Å²) in [6, 6.07) is 0. The normalized spacial score (nSPS) is 46.3. The minimum atomic E-state index is -1.77. The second-order valence-electron chi connectivity index (χ2n) is 18.7. The first kappa shape index (κ1) is 30.4. The van der Waals surface area contributed by atoms with Gasteiger partial charge in [0, 0.05) is 0 Å².